The van der Waals surface area contributed by atoms with Crippen molar-refractivity contribution in [3.8, 4) is 0 Å². The van der Waals surface area contributed by atoms with Crippen LogP contribution in [0, 0.1) is 6.07 Å². The molecule has 0 bridgehead atoms. The number of rotatable bonds is 2. The van der Waals surface area contributed by atoms with Crippen LogP contribution in [-0.4, -0.2) is 13.7 Å². The Kier molecular flexibility index (Phi) is 2.98. The summed E-state index contributed by atoms with van der Waals surface area (Å²) in [4.78, 5) is 0.231. The van der Waals surface area contributed by atoms with Crippen molar-refractivity contribution in [1.29, 1.82) is 0 Å². The molecule has 0 unspecified atom stereocenters. The highest BCUT2D eigenvalue weighted by atomic mass is 35.5. The fourth-order valence-corrected chi connectivity index (χ4v) is 2.17. The standard InChI is InChI=1S/C9H10ClO2S/c1-7(2)13(11,12)9-5-3-4-8(10)6-9/h4-7H,1-2H3. The molecule has 0 aromatic heterocycles. The third-order valence-electron chi connectivity index (χ3n) is 1.68. The zero-order chi connectivity index (χ0) is 10.1. The summed E-state index contributed by atoms with van der Waals surface area (Å²) >= 11 is 5.66. The molecule has 1 aromatic carbocycles. The summed E-state index contributed by atoms with van der Waals surface area (Å²) in [5.74, 6) is 0. The van der Waals surface area contributed by atoms with Crippen LogP contribution in [0.4, 0.5) is 0 Å². The van der Waals surface area contributed by atoms with E-state index in [-0.39, 0.29) is 4.90 Å². The molecule has 0 aliphatic rings. The normalized spacial score (nSPS) is 12.0. The number of sulfone groups is 1. The lowest BCUT2D eigenvalue weighted by molar-refractivity contribution is 0.587. The van der Waals surface area contributed by atoms with E-state index in [1.165, 1.54) is 18.2 Å². The van der Waals surface area contributed by atoms with Crippen LogP contribution in [0.3, 0.4) is 0 Å². The highest BCUT2D eigenvalue weighted by Gasteiger charge is 2.18. The Balaban J connectivity index is 3.24. The van der Waals surface area contributed by atoms with Gasteiger partial charge in [-0.3, -0.25) is 0 Å². The molecule has 0 aliphatic heterocycles. The smallest absolute Gasteiger partial charge is 0.180 e. The Labute approximate surface area is 83.5 Å². The first-order chi connectivity index (χ1) is 5.94. The van der Waals surface area contributed by atoms with Gasteiger partial charge in [-0.05, 0) is 38.1 Å². The van der Waals surface area contributed by atoms with Gasteiger partial charge in [0.15, 0.2) is 9.84 Å². The zero-order valence-corrected chi connectivity index (χ0v) is 8.98. The van der Waals surface area contributed by atoms with Crippen LogP contribution in [0.2, 0.25) is 5.02 Å². The van der Waals surface area contributed by atoms with Crippen molar-refractivity contribution in [2.24, 2.45) is 0 Å². The molecule has 0 heterocycles. The zero-order valence-electron chi connectivity index (χ0n) is 7.41. The third kappa shape index (κ3) is 2.23. The molecule has 0 spiro atoms. The maximum Gasteiger partial charge on any atom is 0.180 e. The molecule has 1 aromatic rings. The van der Waals surface area contributed by atoms with E-state index in [0.29, 0.717) is 5.02 Å². The molecule has 4 heteroatoms. The topological polar surface area (TPSA) is 34.1 Å². The molecule has 0 N–H and O–H groups in total. The summed E-state index contributed by atoms with van der Waals surface area (Å²) in [5.41, 5.74) is 0. The van der Waals surface area contributed by atoms with Gasteiger partial charge in [0.05, 0.1) is 10.1 Å². The minimum absolute atomic E-state index is 0.231. The van der Waals surface area contributed by atoms with Gasteiger partial charge in [-0.15, -0.1) is 0 Å². The molecule has 0 saturated carbocycles. The van der Waals surface area contributed by atoms with E-state index < -0.39 is 15.1 Å². The second-order valence-corrected chi connectivity index (χ2v) is 5.92. The van der Waals surface area contributed by atoms with Crippen molar-refractivity contribution in [2.75, 3.05) is 0 Å². The van der Waals surface area contributed by atoms with Crippen molar-refractivity contribution >= 4 is 21.4 Å². The van der Waals surface area contributed by atoms with Crippen LogP contribution in [0.1, 0.15) is 13.8 Å². The van der Waals surface area contributed by atoms with E-state index in [9.17, 15) is 8.42 Å². The fourth-order valence-electron chi connectivity index (χ4n) is 0.859. The summed E-state index contributed by atoms with van der Waals surface area (Å²) in [7, 11) is -3.22. The quantitative estimate of drug-likeness (QED) is 0.762. The molecule has 0 atom stereocenters. The molecule has 0 saturated heterocycles. The molecule has 0 aliphatic carbocycles. The van der Waals surface area contributed by atoms with Gasteiger partial charge in [0, 0.05) is 5.02 Å². The largest absolute Gasteiger partial charge is 0.223 e. The van der Waals surface area contributed by atoms with E-state index in [1.54, 1.807) is 13.8 Å². The Bertz CT molecular complexity index is 396. The van der Waals surface area contributed by atoms with Gasteiger partial charge in [-0.25, -0.2) is 8.42 Å². The average Bonchev–Trinajstić information content (AvgIpc) is 2.04. The molecule has 13 heavy (non-hydrogen) atoms. The summed E-state index contributed by atoms with van der Waals surface area (Å²) in [6.07, 6.45) is 0. The van der Waals surface area contributed by atoms with Gasteiger partial charge in [-0.2, -0.15) is 0 Å². The van der Waals surface area contributed by atoms with Crippen LogP contribution in [-0.2, 0) is 9.84 Å². The summed E-state index contributed by atoms with van der Waals surface area (Å²) in [6.45, 7) is 3.27. The molecule has 71 valence electrons. The first kappa shape index (κ1) is 10.5. The molecular weight excluding hydrogens is 208 g/mol. The summed E-state index contributed by atoms with van der Waals surface area (Å²) in [6, 6.07) is 7.08. The molecule has 2 nitrogen and oxygen atoms in total. The maximum absolute atomic E-state index is 11.6. The SMILES string of the molecule is CC(C)S(=O)(=O)c1c[c]cc(Cl)c1. The average molecular weight is 218 g/mol. The van der Waals surface area contributed by atoms with Crippen molar-refractivity contribution < 1.29 is 8.42 Å². The van der Waals surface area contributed by atoms with Gasteiger partial charge in [-0.1, -0.05) is 11.6 Å². The van der Waals surface area contributed by atoms with Crippen molar-refractivity contribution in [3.63, 3.8) is 0 Å². The van der Waals surface area contributed by atoms with E-state index in [2.05, 4.69) is 6.07 Å². The first-order valence-corrected chi connectivity index (χ1v) is 5.77. The number of halogens is 1. The van der Waals surface area contributed by atoms with Crippen LogP contribution >= 0.6 is 11.6 Å². The second kappa shape index (κ2) is 3.68. The summed E-state index contributed by atoms with van der Waals surface area (Å²) < 4.78 is 23.2. The van der Waals surface area contributed by atoms with Gasteiger partial charge in [0.25, 0.3) is 0 Å². The van der Waals surface area contributed by atoms with Gasteiger partial charge < -0.3 is 0 Å². The molecule has 0 fully saturated rings. The molecule has 1 radical (unpaired) electrons. The predicted molar refractivity (Wildman–Crippen MR) is 52.6 cm³/mol. The Morgan fingerprint density at radius 1 is 1.38 bits per heavy atom. The minimum atomic E-state index is -3.22. The van der Waals surface area contributed by atoms with E-state index in [4.69, 9.17) is 11.6 Å². The van der Waals surface area contributed by atoms with Gasteiger partial charge in [0.1, 0.15) is 0 Å². The fraction of sp³-hybridized carbons (Fsp3) is 0.333. The Morgan fingerprint density at radius 2 is 2.00 bits per heavy atom. The first-order valence-electron chi connectivity index (χ1n) is 3.85. The number of benzene rings is 1. The predicted octanol–water partition coefficient (Wildman–Crippen LogP) is 2.32. The lowest BCUT2D eigenvalue weighted by atomic mass is 10.4. The lowest BCUT2D eigenvalue weighted by Gasteiger charge is -2.06. The molecule has 1 rings (SSSR count). The van der Waals surface area contributed by atoms with Crippen molar-refractivity contribution in [2.45, 2.75) is 24.0 Å². The Morgan fingerprint density at radius 3 is 2.46 bits per heavy atom. The van der Waals surface area contributed by atoms with Crippen LogP contribution in [0.5, 0.6) is 0 Å². The minimum Gasteiger partial charge on any atom is -0.223 e. The van der Waals surface area contributed by atoms with E-state index in [0.717, 1.165) is 0 Å². The number of hydrogen-bond donors (Lipinski definition) is 0. The van der Waals surface area contributed by atoms with E-state index in [1.807, 2.05) is 0 Å². The highest BCUT2D eigenvalue weighted by Crippen LogP contribution is 2.19. The lowest BCUT2D eigenvalue weighted by Crippen LogP contribution is -2.13. The van der Waals surface area contributed by atoms with Gasteiger partial charge in [0.2, 0.25) is 0 Å². The van der Waals surface area contributed by atoms with Crippen molar-refractivity contribution in [3.05, 3.63) is 29.3 Å². The number of hydrogen-bond acceptors (Lipinski definition) is 2. The van der Waals surface area contributed by atoms with Crippen LogP contribution < -0.4 is 0 Å². The highest BCUT2D eigenvalue weighted by molar-refractivity contribution is 7.92. The maximum atomic E-state index is 11.6. The second-order valence-electron chi connectivity index (χ2n) is 2.98. The third-order valence-corrected chi connectivity index (χ3v) is 4.03. The Hall–Kier alpha value is -0.540. The van der Waals surface area contributed by atoms with Crippen LogP contribution in [0.15, 0.2) is 23.1 Å². The van der Waals surface area contributed by atoms with E-state index >= 15 is 0 Å². The summed E-state index contributed by atoms with van der Waals surface area (Å²) in [5, 5.41) is -0.0407. The van der Waals surface area contributed by atoms with Gasteiger partial charge >= 0.3 is 0 Å². The van der Waals surface area contributed by atoms with Crippen molar-refractivity contribution in [1.82, 2.24) is 0 Å². The van der Waals surface area contributed by atoms with Crippen LogP contribution in [0.25, 0.3) is 0 Å². The molecule has 0 amide bonds. The monoisotopic (exact) mass is 217 g/mol. The molecular formula is C9H10ClO2S.